The van der Waals surface area contributed by atoms with Crippen LogP contribution in [0.4, 0.5) is 0 Å². The molecule has 2 aromatic carbocycles. The van der Waals surface area contributed by atoms with Crippen molar-refractivity contribution >= 4 is 23.6 Å². The number of hydrogen-bond donors (Lipinski definition) is 0. The second-order valence-electron chi connectivity index (χ2n) is 7.44. The van der Waals surface area contributed by atoms with Crippen LogP contribution in [0.25, 0.3) is 0 Å². The van der Waals surface area contributed by atoms with Crippen molar-refractivity contribution in [3.63, 3.8) is 0 Å². The first-order chi connectivity index (χ1) is 14.5. The Bertz CT molecular complexity index is 917. The average Bonchev–Trinajstić information content (AvgIpc) is 3.69. The largest absolute Gasteiger partial charge is 0.371 e. The maximum absolute atomic E-state index is 11.8. The van der Waals surface area contributed by atoms with Gasteiger partial charge >= 0.3 is 0 Å². The minimum Gasteiger partial charge on any atom is -0.371 e. The van der Waals surface area contributed by atoms with E-state index in [4.69, 9.17) is 9.47 Å². The maximum Gasteiger partial charge on any atom is 0.261 e. The summed E-state index contributed by atoms with van der Waals surface area (Å²) in [6.07, 6.45) is 0.0967. The number of amides is 4. The van der Waals surface area contributed by atoms with Crippen LogP contribution in [0.3, 0.4) is 0 Å². The van der Waals surface area contributed by atoms with Gasteiger partial charge in [0, 0.05) is 0 Å². The van der Waals surface area contributed by atoms with Crippen LogP contribution in [0.5, 0.6) is 0 Å². The van der Waals surface area contributed by atoms with Gasteiger partial charge < -0.3 is 9.47 Å². The average molecular weight is 406 g/mol. The standard InChI is InChI=1S/2C11H9NO3/c2*13-10-8-3-1-2-4-9(8)11(14)12(10)5-7-6-15-7/h2*1-4,7H,5-6H2/t7-;/m0./s1. The molecular formula is C22H18N2O6. The molecular weight excluding hydrogens is 388 g/mol. The molecule has 8 heteroatoms. The summed E-state index contributed by atoms with van der Waals surface area (Å²) >= 11 is 0. The second-order valence-corrected chi connectivity index (χ2v) is 7.44. The van der Waals surface area contributed by atoms with Gasteiger partial charge in [-0.1, -0.05) is 24.3 Å². The monoisotopic (exact) mass is 406 g/mol. The van der Waals surface area contributed by atoms with Crippen molar-refractivity contribution in [2.24, 2.45) is 0 Å². The Morgan fingerprint density at radius 2 is 0.867 bits per heavy atom. The Kier molecular flexibility index (Phi) is 4.45. The molecule has 4 aliphatic rings. The van der Waals surface area contributed by atoms with Crippen LogP contribution < -0.4 is 0 Å². The Morgan fingerprint density at radius 3 is 1.10 bits per heavy atom. The van der Waals surface area contributed by atoms with Gasteiger partial charge in [-0.3, -0.25) is 29.0 Å². The van der Waals surface area contributed by atoms with Gasteiger partial charge in [-0.05, 0) is 24.3 Å². The molecule has 0 bridgehead atoms. The molecule has 8 nitrogen and oxygen atoms in total. The molecule has 6 rings (SSSR count). The lowest BCUT2D eigenvalue weighted by molar-refractivity contribution is 0.0628. The summed E-state index contributed by atoms with van der Waals surface area (Å²) in [7, 11) is 0. The fraction of sp³-hybridized carbons (Fsp3) is 0.273. The van der Waals surface area contributed by atoms with E-state index in [1.165, 1.54) is 9.80 Å². The predicted octanol–water partition coefficient (Wildman–Crippen LogP) is 1.36. The summed E-state index contributed by atoms with van der Waals surface area (Å²) < 4.78 is 10.0. The molecule has 2 fully saturated rings. The predicted molar refractivity (Wildman–Crippen MR) is 103 cm³/mol. The maximum atomic E-state index is 11.8. The van der Waals surface area contributed by atoms with Crippen LogP contribution in [-0.4, -0.2) is 71.9 Å². The van der Waals surface area contributed by atoms with Gasteiger partial charge in [0.25, 0.3) is 23.6 Å². The molecule has 2 aromatic rings. The molecule has 0 aliphatic carbocycles. The zero-order valence-corrected chi connectivity index (χ0v) is 15.9. The molecule has 0 aromatic heterocycles. The van der Waals surface area contributed by atoms with Crippen LogP contribution in [-0.2, 0) is 9.47 Å². The first-order valence-corrected chi connectivity index (χ1v) is 9.68. The highest BCUT2D eigenvalue weighted by Gasteiger charge is 2.40. The van der Waals surface area contributed by atoms with Gasteiger partial charge in [0.15, 0.2) is 0 Å². The van der Waals surface area contributed by atoms with E-state index in [9.17, 15) is 19.2 Å². The van der Waals surface area contributed by atoms with E-state index in [0.717, 1.165) is 0 Å². The summed E-state index contributed by atoms with van der Waals surface area (Å²) in [4.78, 5) is 49.8. The van der Waals surface area contributed by atoms with Gasteiger partial charge in [-0.2, -0.15) is 0 Å². The Hall–Kier alpha value is -3.36. The molecule has 4 aliphatic heterocycles. The SMILES string of the molecule is O=C1c2ccccc2C(=O)N1CC1CO1.O=C1c2ccccc2C(=O)N1C[C@H]1CO1. The van der Waals surface area contributed by atoms with E-state index < -0.39 is 0 Å². The molecule has 0 spiro atoms. The van der Waals surface area contributed by atoms with Crippen molar-refractivity contribution in [2.45, 2.75) is 12.2 Å². The van der Waals surface area contributed by atoms with Crippen molar-refractivity contribution in [3.8, 4) is 0 Å². The first-order valence-electron chi connectivity index (χ1n) is 9.68. The highest BCUT2D eigenvalue weighted by molar-refractivity contribution is 6.22. The molecule has 0 N–H and O–H groups in total. The van der Waals surface area contributed by atoms with E-state index in [2.05, 4.69) is 0 Å². The Balaban J connectivity index is 0.000000128. The van der Waals surface area contributed by atoms with E-state index in [1.54, 1.807) is 48.5 Å². The topological polar surface area (TPSA) is 99.8 Å². The molecule has 30 heavy (non-hydrogen) atoms. The minimum atomic E-state index is -0.203. The lowest BCUT2D eigenvalue weighted by Gasteiger charge is -2.10. The minimum absolute atomic E-state index is 0.0483. The normalized spacial score (nSPS) is 23.2. The molecule has 1 unspecified atom stereocenters. The first kappa shape index (κ1) is 18.7. The molecule has 2 saturated heterocycles. The Labute approximate surface area is 172 Å². The number of fused-ring (bicyclic) bond motifs is 2. The van der Waals surface area contributed by atoms with Gasteiger partial charge in [-0.25, -0.2) is 0 Å². The number of ether oxygens (including phenoxy) is 2. The highest BCUT2D eigenvalue weighted by Crippen LogP contribution is 2.25. The number of epoxide rings is 2. The number of imide groups is 2. The van der Waals surface area contributed by atoms with Crippen LogP contribution in [0.2, 0.25) is 0 Å². The second kappa shape index (κ2) is 7.16. The molecule has 0 radical (unpaired) electrons. The van der Waals surface area contributed by atoms with Gasteiger partial charge in [0.1, 0.15) is 0 Å². The fourth-order valence-electron chi connectivity index (χ4n) is 3.56. The quantitative estimate of drug-likeness (QED) is 0.562. The van der Waals surface area contributed by atoms with E-state index in [0.29, 0.717) is 48.6 Å². The van der Waals surface area contributed by atoms with Crippen molar-refractivity contribution in [2.75, 3.05) is 26.3 Å². The molecule has 4 heterocycles. The smallest absolute Gasteiger partial charge is 0.261 e. The van der Waals surface area contributed by atoms with Crippen molar-refractivity contribution in [3.05, 3.63) is 70.8 Å². The van der Waals surface area contributed by atoms with Crippen molar-refractivity contribution < 1.29 is 28.7 Å². The van der Waals surface area contributed by atoms with E-state index in [1.807, 2.05) is 0 Å². The number of carbonyl (C=O) groups is 4. The summed E-state index contributed by atoms with van der Waals surface area (Å²) in [6, 6.07) is 13.8. The van der Waals surface area contributed by atoms with Gasteiger partial charge in [-0.15, -0.1) is 0 Å². The van der Waals surface area contributed by atoms with Crippen LogP contribution >= 0.6 is 0 Å². The van der Waals surface area contributed by atoms with E-state index >= 15 is 0 Å². The number of hydrogen-bond acceptors (Lipinski definition) is 6. The third-order valence-electron chi connectivity index (χ3n) is 5.33. The van der Waals surface area contributed by atoms with Gasteiger partial charge in [0.05, 0.1) is 60.8 Å². The third kappa shape index (κ3) is 3.30. The molecule has 4 amide bonds. The Morgan fingerprint density at radius 1 is 0.600 bits per heavy atom. The van der Waals surface area contributed by atoms with Crippen LogP contribution in [0.1, 0.15) is 41.4 Å². The van der Waals surface area contributed by atoms with Crippen molar-refractivity contribution in [1.29, 1.82) is 0 Å². The zero-order valence-electron chi connectivity index (χ0n) is 15.9. The van der Waals surface area contributed by atoms with Gasteiger partial charge in [0.2, 0.25) is 0 Å². The summed E-state index contributed by atoms with van der Waals surface area (Å²) in [6.45, 7) is 2.06. The number of benzene rings is 2. The zero-order chi connectivity index (χ0) is 20.8. The molecule has 0 saturated carbocycles. The summed E-state index contributed by atoms with van der Waals surface area (Å²) in [5.74, 6) is -0.811. The fourth-order valence-corrected chi connectivity index (χ4v) is 3.56. The number of rotatable bonds is 4. The third-order valence-corrected chi connectivity index (χ3v) is 5.33. The lowest BCUT2D eigenvalue weighted by Crippen LogP contribution is -2.33. The molecule has 152 valence electrons. The van der Waals surface area contributed by atoms with E-state index in [-0.39, 0.29) is 35.8 Å². The summed E-state index contributed by atoms with van der Waals surface area (Å²) in [5, 5.41) is 0. The highest BCUT2D eigenvalue weighted by atomic mass is 16.6. The number of nitrogens with zero attached hydrogens (tertiary/aromatic N) is 2. The number of carbonyl (C=O) groups excluding carboxylic acids is 4. The summed E-state index contributed by atoms with van der Waals surface area (Å²) in [5.41, 5.74) is 2.01. The lowest BCUT2D eigenvalue weighted by atomic mass is 10.1. The molecule has 2 atom stereocenters. The van der Waals surface area contributed by atoms with Crippen LogP contribution in [0, 0.1) is 0 Å². The van der Waals surface area contributed by atoms with Crippen LogP contribution in [0.15, 0.2) is 48.5 Å². The van der Waals surface area contributed by atoms with Crippen molar-refractivity contribution in [1.82, 2.24) is 9.80 Å².